The van der Waals surface area contributed by atoms with Gasteiger partial charge in [-0.2, -0.15) is 0 Å². The molecule has 0 radical (unpaired) electrons. The van der Waals surface area contributed by atoms with Crippen LogP contribution in [0.4, 0.5) is 0 Å². The second kappa shape index (κ2) is 6.90. The van der Waals surface area contributed by atoms with Crippen molar-refractivity contribution in [1.82, 2.24) is 18.9 Å². The molecule has 1 amide bonds. The Morgan fingerprint density at radius 3 is 2.54 bits per heavy atom. The molecule has 0 unspecified atom stereocenters. The van der Waals surface area contributed by atoms with Gasteiger partial charge in [-0.05, 0) is 19.3 Å². The maximum atomic E-state index is 12.4. The lowest BCUT2D eigenvalue weighted by atomic mass is 10.1. The van der Waals surface area contributed by atoms with E-state index >= 15 is 0 Å². The van der Waals surface area contributed by atoms with Crippen molar-refractivity contribution in [3.8, 4) is 0 Å². The van der Waals surface area contributed by atoms with Gasteiger partial charge in [0.2, 0.25) is 5.91 Å². The molecule has 8 heteroatoms. The summed E-state index contributed by atoms with van der Waals surface area (Å²) in [6.07, 6.45) is 4.05. The molecule has 1 aromatic rings. The maximum Gasteiger partial charge on any atom is 0.331 e. The molecule has 1 aliphatic carbocycles. The van der Waals surface area contributed by atoms with E-state index in [0.29, 0.717) is 13.1 Å². The standard InChI is InChI=1S/C16H24N4O4/c1-17-14(22)5-6-20(16(17)24)11-15(23)19-9-7-18(8-10-19)12-3-2-4-13(12)21/h5-6,12-13,21H,2-4,7-11H2,1H3/t12-,13+/m0/s1. The van der Waals surface area contributed by atoms with Crippen LogP contribution in [0.1, 0.15) is 19.3 Å². The van der Waals surface area contributed by atoms with E-state index in [4.69, 9.17) is 0 Å². The third-order valence-electron chi connectivity index (χ3n) is 5.15. The van der Waals surface area contributed by atoms with Crippen LogP contribution in [0.5, 0.6) is 0 Å². The van der Waals surface area contributed by atoms with Gasteiger partial charge < -0.3 is 10.0 Å². The summed E-state index contributed by atoms with van der Waals surface area (Å²) in [5.74, 6) is -0.123. The fourth-order valence-electron chi connectivity index (χ4n) is 3.63. The zero-order valence-electron chi connectivity index (χ0n) is 13.9. The molecule has 1 aromatic heterocycles. The number of aromatic nitrogens is 2. The monoisotopic (exact) mass is 336 g/mol. The smallest absolute Gasteiger partial charge is 0.331 e. The highest BCUT2D eigenvalue weighted by Gasteiger charge is 2.33. The summed E-state index contributed by atoms with van der Waals surface area (Å²) in [7, 11) is 1.40. The van der Waals surface area contributed by atoms with Crippen molar-refractivity contribution >= 4 is 5.91 Å². The van der Waals surface area contributed by atoms with Crippen molar-refractivity contribution in [2.24, 2.45) is 7.05 Å². The number of carbonyl (C=O) groups excluding carboxylic acids is 1. The van der Waals surface area contributed by atoms with Gasteiger partial charge in [-0.15, -0.1) is 0 Å². The predicted octanol–water partition coefficient (Wildman–Crippen LogP) is -1.40. The summed E-state index contributed by atoms with van der Waals surface area (Å²) in [4.78, 5) is 39.8. The average Bonchev–Trinajstić information content (AvgIpc) is 3.01. The Morgan fingerprint density at radius 2 is 1.92 bits per heavy atom. The molecule has 1 N–H and O–H groups in total. The van der Waals surface area contributed by atoms with E-state index in [-0.39, 0.29) is 30.2 Å². The lowest BCUT2D eigenvalue weighted by Gasteiger charge is -2.39. The van der Waals surface area contributed by atoms with Gasteiger partial charge in [0.05, 0.1) is 6.10 Å². The zero-order chi connectivity index (χ0) is 17.3. The van der Waals surface area contributed by atoms with E-state index in [1.165, 1.54) is 23.9 Å². The summed E-state index contributed by atoms with van der Waals surface area (Å²) < 4.78 is 2.25. The number of aliphatic hydroxyl groups excluding tert-OH is 1. The van der Waals surface area contributed by atoms with Crippen molar-refractivity contribution in [2.75, 3.05) is 26.2 Å². The number of hydrogen-bond acceptors (Lipinski definition) is 5. The van der Waals surface area contributed by atoms with Crippen LogP contribution < -0.4 is 11.2 Å². The largest absolute Gasteiger partial charge is 0.391 e. The van der Waals surface area contributed by atoms with E-state index in [9.17, 15) is 19.5 Å². The molecule has 1 saturated carbocycles. The lowest BCUT2D eigenvalue weighted by Crippen LogP contribution is -2.54. The van der Waals surface area contributed by atoms with Crippen LogP contribution in [0.2, 0.25) is 0 Å². The first-order valence-corrected chi connectivity index (χ1v) is 8.44. The average molecular weight is 336 g/mol. The minimum atomic E-state index is -0.483. The van der Waals surface area contributed by atoms with Crippen LogP contribution in [0.15, 0.2) is 21.9 Å². The maximum absolute atomic E-state index is 12.4. The molecule has 0 spiro atoms. The number of rotatable bonds is 3. The molecule has 2 heterocycles. The Kier molecular flexibility index (Phi) is 4.86. The second-order valence-corrected chi connectivity index (χ2v) is 6.61. The van der Waals surface area contributed by atoms with Crippen molar-refractivity contribution in [3.05, 3.63) is 33.1 Å². The number of aliphatic hydroxyl groups is 1. The molecule has 24 heavy (non-hydrogen) atoms. The highest BCUT2D eigenvalue weighted by atomic mass is 16.3. The van der Waals surface area contributed by atoms with Gasteiger partial charge in [-0.25, -0.2) is 4.79 Å². The Bertz CT molecular complexity index is 718. The number of amides is 1. The SMILES string of the molecule is Cn1c(=O)ccn(CC(=O)N2CCN([C@H]3CCC[C@H]3O)CC2)c1=O. The quantitative estimate of drug-likeness (QED) is 0.734. The van der Waals surface area contributed by atoms with E-state index in [1.807, 2.05) is 0 Å². The first-order chi connectivity index (χ1) is 11.5. The first kappa shape index (κ1) is 16.9. The summed E-state index contributed by atoms with van der Waals surface area (Å²) in [5, 5.41) is 10.0. The second-order valence-electron chi connectivity index (χ2n) is 6.61. The molecular weight excluding hydrogens is 312 g/mol. The number of hydrogen-bond donors (Lipinski definition) is 1. The third kappa shape index (κ3) is 3.29. The summed E-state index contributed by atoms with van der Waals surface area (Å²) in [6.45, 7) is 2.63. The van der Waals surface area contributed by atoms with Gasteiger partial charge in [0.25, 0.3) is 5.56 Å². The summed E-state index contributed by atoms with van der Waals surface area (Å²) >= 11 is 0. The molecule has 8 nitrogen and oxygen atoms in total. The van der Waals surface area contributed by atoms with Gasteiger partial charge in [-0.1, -0.05) is 0 Å². The number of piperazine rings is 1. The van der Waals surface area contributed by atoms with Gasteiger partial charge in [0, 0.05) is 51.5 Å². The molecular formula is C16H24N4O4. The minimum absolute atomic E-state index is 0.0565. The molecule has 2 atom stereocenters. The Morgan fingerprint density at radius 1 is 1.21 bits per heavy atom. The fraction of sp³-hybridized carbons (Fsp3) is 0.688. The van der Waals surface area contributed by atoms with Gasteiger partial charge >= 0.3 is 5.69 Å². The van der Waals surface area contributed by atoms with Crippen LogP contribution >= 0.6 is 0 Å². The van der Waals surface area contributed by atoms with Crippen LogP contribution in [0.25, 0.3) is 0 Å². The normalized spacial score (nSPS) is 25.2. The fourth-order valence-corrected chi connectivity index (χ4v) is 3.63. The highest BCUT2D eigenvalue weighted by Crippen LogP contribution is 2.25. The molecule has 1 aliphatic heterocycles. The number of carbonyl (C=O) groups is 1. The summed E-state index contributed by atoms with van der Waals surface area (Å²) in [5.41, 5.74) is -0.865. The van der Waals surface area contributed by atoms with Gasteiger partial charge in [-0.3, -0.25) is 23.6 Å². The Balaban J connectivity index is 1.59. The number of nitrogens with zero attached hydrogens (tertiary/aromatic N) is 4. The van der Waals surface area contributed by atoms with E-state index < -0.39 is 5.69 Å². The van der Waals surface area contributed by atoms with E-state index in [0.717, 1.165) is 36.9 Å². The molecule has 0 aromatic carbocycles. The Hall–Kier alpha value is -1.93. The van der Waals surface area contributed by atoms with Crippen molar-refractivity contribution in [2.45, 2.75) is 38.0 Å². The topological polar surface area (TPSA) is 87.8 Å². The molecule has 2 fully saturated rings. The highest BCUT2D eigenvalue weighted by molar-refractivity contribution is 5.76. The molecule has 3 rings (SSSR count). The van der Waals surface area contributed by atoms with Crippen molar-refractivity contribution < 1.29 is 9.90 Å². The van der Waals surface area contributed by atoms with E-state index in [2.05, 4.69) is 4.90 Å². The lowest BCUT2D eigenvalue weighted by molar-refractivity contribution is -0.134. The van der Waals surface area contributed by atoms with Crippen LogP contribution in [0, 0.1) is 0 Å². The van der Waals surface area contributed by atoms with Crippen LogP contribution in [-0.4, -0.2) is 68.3 Å². The third-order valence-corrected chi connectivity index (χ3v) is 5.15. The summed E-state index contributed by atoms with van der Waals surface area (Å²) in [6, 6.07) is 1.50. The molecule has 2 aliphatic rings. The molecule has 1 saturated heterocycles. The van der Waals surface area contributed by atoms with E-state index in [1.54, 1.807) is 4.90 Å². The molecule has 132 valence electrons. The minimum Gasteiger partial charge on any atom is -0.391 e. The Labute approximate surface area is 139 Å². The van der Waals surface area contributed by atoms with Gasteiger partial charge in [0.15, 0.2) is 0 Å². The van der Waals surface area contributed by atoms with Gasteiger partial charge in [0.1, 0.15) is 6.54 Å². The first-order valence-electron chi connectivity index (χ1n) is 8.44. The van der Waals surface area contributed by atoms with Crippen molar-refractivity contribution in [3.63, 3.8) is 0 Å². The predicted molar refractivity (Wildman–Crippen MR) is 87.7 cm³/mol. The molecule has 0 bridgehead atoms. The van der Waals surface area contributed by atoms with Crippen LogP contribution in [-0.2, 0) is 18.4 Å². The van der Waals surface area contributed by atoms with Crippen molar-refractivity contribution in [1.29, 1.82) is 0 Å². The van der Waals surface area contributed by atoms with Crippen LogP contribution in [0.3, 0.4) is 0 Å². The zero-order valence-corrected chi connectivity index (χ0v) is 13.9.